The van der Waals surface area contributed by atoms with Gasteiger partial charge in [-0.25, -0.2) is 0 Å². The molecule has 7 heteroatoms. The molecule has 0 N–H and O–H groups in total. The van der Waals surface area contributed by atoms with E-state index in [9.17, 15) is 9.59 Å². The lowest BCUT2D eigenvalue weighted by atomic mass is 10.2. The molecule has 3 rings (SSSR count). The van der Waals surface area contributed by atoms with Crippen LogP contribution in [-0.4, -0.2) is 58.8 Å². The minimum absolute atomic E-state index is 0.0373. The maximum Gasteiger partial charge on any atom is 0.266 e. The minimum atomic E-state index is -0.132. The van der Waals surface area contributed by atoms with Crippen molar-refractivity contribution >= 4 is 46.2 Å². The van der Waals surface area contributed by atoms with Gasteiger partial charge in [0.15, 0.2) is 0 Å². The predicted octanol–water partition coefficient (Wildman–Crippen LogP) is 2.69. The number of carbonyl (C=O) groups is 2. The van der Waals surface area contributed by atoms with E-state index < -0.39 is 0 Å². The number of amides is 2. The molecular weight excluding hydrogens is 368 g/mol. The summed E-state index contributed by atoms with van der Waals surface area (Å²) in [5.74, 6) is -0.0946. The fourth-order valence-corrected chi connectivity index (χ4v) is 3.96. The van der Waals surface area contributed by atoms with Gasteiger partial charge in [0.1, 0.15) is 4.32 Å². The van der Waals surface area contributed by atoms with Crippen molar-refractivity contribution in [2.75, 3.05) is 32.8 Å². The SMILES string of the molecule is O=C(CCN1C(=O)C(=CC=Cc2ccccc2)SC1=S)N1CCOCC1. The van der Waals surface area contributed by atoms with E-state index in [4.69, 9.17) is 17.0 Å². The molecule has 2 amide bonds. The second kappa shape index (κ2) is 9.12. The maximum atomic E-state index is 12.5. The third-order valence-electron chi connectivity index (χ3n) is 4.12. The summed E-state index contributed by atoms with van der Waals surface area (Å²) in [4.78, 5) is 28.6. The molecule has 5 nitrogen and oxygen atoms in total. The normalized spacial score (nSPS) is 19.8. The first-order valence-electron chi connectivity index (χ1n) is 8.48. The molecule has 0 atom stereocenters. The van der Waals surface area contributed by atoms with E-state index in [1.54, 1.807) is 11.0 Å². The van der Waals surface area contributed by atoms with Gasteiger partial charge in [-0.15, -0.1) is 0 Å². The Hall–Kier alpha value is -1.96. The molecule has 1 aromatic carbocycles. The van der Waals surface area contributed by atoms with Gasteiger partial charge in [0.25, 0.3) is 5.91 Å². The quantitative estimate of drug-likeness (QED) is 0.573. The lowest BCUT2D eigenvalue weighted by molar-refractivity contribution is -0.135. The number of allylic oxidation sites excluding steroid dienone is 2. The fourth-order valence-electron chi connectivity index (χ4n) is 2.70. The molecule has 0 aromatic heterocycles. The molecule has 136 valence electrons. The zero-order valence-corrected chi connectivity index (χ0v) is 15.9. The van der Waals surface area contributed by atoms with Crippen molar-refractivity contribution in [3.05, 3.63) is 53.0 Å². The van der Waals surface area contributed by atoms with Crippen LogP contribution < -0.4 is 0 Å². The van der Waals surface area contributed by atoms with Gasteiger partial charge in [0.2, 0.25) is 5.91 Å². The van der Waals surface area contributed by atoms with E-state index in [-0.39, 0.29) is 18.2 Å². The van der Waals surface area contributed by atoms with Crippen LogP contribution in [0.15, 0.2) is 47.4 Å². The maximum absolute atomic E-state index is 12.5. The highest BCUT2D eigenvalue weighted by molar-refractivity contribution is 8.26. The first-order chi connectivity index (χ1) is 12.6. The Morgan fingerprint density at radius 2 is 1.96 bits per heavy atom. The third kappa shape index (κ3) is 4.81. The summed E-state index contributed by atoms with van der Waals surface area (Å²) in [5.41, 5.74) is 1.07. The molecule has 0 radical (unpaired) electrons. The van der Waals surface area contributed by atoms with E-state index in [0.717, 1.165) is 5.56 Å². The molecule has 0 spiro atoms. The number of hydrogen-bond donors (Lipinski definition) is 0. The van der Waals surface area contributed by atoms with Crippen molar-refractivity contribution in [3.63, 3.8) is 0 Å². The number of rotatable bonds is 5. The summed E-state index contributed by atoms with van der Waals surface area (Å²) >= 11 is 6.58. The summed E-state index contributed by atoms with van der Waals surface area (Å²) in [5, 5.41) is 0. The number of nitrogens with zero attached hydrogens (tertiary/aromatic N) is 2. The molecule has 0 aliphatic carbocycles. The van der Waals surface area contributed by atoms with Gasteiger partial charge in [-0.05, 0) is 11.6 Å². The van der Waals surface area contributed by atoms with E-state index in [1.807, 2.05) is 42.5 Å². The van der Waals surface area contributed by atoms with Crippen molar-refractivity contribution in [3.8, 4) is 0 Å². The molecule has 1 aromatic rings. The second-order valence-electron chi connectivity index (χ2n) is 5.87. The summed E-state index contributed by atoms with van der Waals surface area (Å²) in [6, 6.07) is 9.87. The summed E-state index contributed by atoms with van der Waals surface area (Å²) in [6.45, 7) is 2.69. The third-order valence-corrected chi connectivity index (χ3v) is 5.52. The van der Waals surface area contributed by atoms with Crippen LogP contribution in [0.4, 0.5) is 0 Å². The van der Waals surface area contributed by atoms with Gasteiger partial charge in [-0.3, -0.25) is 14.5 Å². The molecule has 0 bridgehead atoms. The largest absolute Gasteiger partial charge is 0.378 e. The van der Waals surface area contributed by atoms with E-state index in [2.05, 4.69) is 0 Å². The van der Waals surface area contributed by atoms with Crippen LogP contribution in [0.3, 0.4) is 0 Å². The van der Waals surface area contributed by atoms with E-state index in [1.165, 1.54) is 16.7 Å². The number of thiocarbonyl (C=S) groups is 1. The van der Waals surface area contributed by atoms with Crippen LogP contribution in [0.5, 0.6) is 0 Å². The Bertz CT molecular complexity index is 740. The van der Waals surface area contributed by atoms with Crippen molar-refractivity contribution in [2.45, 2.75) is 6.42 Å². The fraction of sp³-hybridized carbons (Fsp3) is 0.316. The summed E-state index contributed by atoms with van der Waals surface area (Å²) < 4.78 is 5.75. The standard InChI is InChI=1S/C19H20N2O3S2/c22-17(20-11-13-24-14-12-20)9-10-21-18(23)16(26-19(21)25)8-4-7-15-5-2-1-3-6-15/h1-8H,9-14H2. The van der Waals surface area contributed by atoms with Gasteiger partial charge < -0.3 is 9.64 Å². The number of benzene rings is 1. The van der Waals surface area contributed by atoms with Crippen molar-refractivity contribution < 1.29 is 14.3 Å². The second-order valence-corrected chi connectivity index (χ2v) is 7.54. The zero-order valence-electron chi connectivity index (χ0n) is 14.3. The van der Waals surface area contributed by atoms with Crippen LogP contribution in [0.25, 0.3) is 6.08 Å². The molecule has 0 unspecified atom stereocenters. The monoisotopic (exact) mass is 388 g/mol. The molecular formula is C19H20N2O3S2. The van der Waals surface area contributed by atoms with Crippen molar-refractivity contribution in [2.24, 2.45) is 0 Å². The Kier molecular flexibility index (Phi) is 6.60. The first-order valence-corrected chi connectivity index (χ1v) is 9.70. The van der Waals surface area contributed by atoms with Crippen LogP contribution >= 0.6 is 24.0 Å². The average Bonchev–Trinajstić information content (AvgIpc) is 2.94. The number of morpholine rings is 1. The first kappa shape index (κ1) is 18.8. The summed E-state index contributed by atoms with van der Waals surface area (Å²) in [7, 11) is 0. The average molecular weight is 389 g/mol. The van der Waals surface area contributed by atoms with E-state index in [0.29, 0.717) is 42.1 Å². The van der Waals surface area contributed by atoms with Crippen LogP contribution in [0, 0.1) is 0 Å². The molecule has 0 saturated carbocycles. The summed E-state index contributed by atoms with van der Waals surface area (Å²) in [6.07, 6.45) is 5.84. The van der Waals surface area contributed by atoms with E-state index >= 15 is 0 Å². The predicted molar refractivity (Wildman–Crippen MR) is 107 cm³/mol. The smallest absolute Gasteiger partial charge is 0.266 e. The molecule has 2 fully saturated rings. The number of hydrogen-bond acceptors (Lipinski definition) is 5. The number of thioether (sulfide) groups is 1. The van der Waals surface area contributed by atoms with Gasteiger partial charge in [0, 0.05) is 26.1 Å². The van der Waals surface area contributed by atoms with Gasteiger partial charge in [-0.2, -0.15) is 0 Å². The molecule has 2 heterocycles. The molecule has 26 heavy (non-hydrogen) atoms. The zero-order chi connectivity index (χ0) is 18.4. The Morgan fingerprint density at radius 1 is 1.23 bits per heavy atom. The highest BCUT2D eigenvalue weighted by Crippen LogP contribution is 2.31. The highest BCUT2D eigenvalue weighted by Gasteiger charge is 2.32. The van der Waals surface area contributed by atoms with Gasteiger partial charge >= 0.3 is 0 Å². The number of ether oxygens (including phenoxy) is 1. The highest BCUT2D eigenvalue weighted by atomic mass is 32.2. The Balaban J connectivity index is 1.55. The number of carbonyl (C=O) groups excluding carboxylic acids is 2. The minimum Gasteiger partial charge on any atom is -0.378 e. The molecule has 2 saturated heterocycles. The Labute approximate surface area is 162 Å². The van der Waals surface area contributed by atoms with Crippen LogP contribution in [0.1, 0.15) is 12.0 Å². The lowest BCUT2D eigenvalue weighted by Gasteiger charge is -2.27. The van der Waals surface area contributed by atoms with Crippen molar-refractivity contribution in [1.82, 2.24) is 9.80 Å². The lowest BCUT2D eigenvalue weighted by Crippen LogP contribution is -2.42. The topological polar surface area (TPSA) is 49.9 Å². The van der Waals surface area contributed by atoms with Gasteiger partial charge in [-0.1, -0.05) is 66.5 Å². The van der Waals surface area contributed by atoms with Crippen molar-refractivity contribution in [1.29, 1.82) is 0 Å². The Morgan fingerprint density at radius 3 is 2.69 bits per heavy atom. The van der Waals surface area contributed by atoms with Crippen LogP contribution in [0.2, 0.25) is 0 Å². The molecule has 2 aliphatic heterocycles. The van der Waals surface area contributed by atoms with Crippen LogP contribution in [-0.2, 0) is 14.3 Å². The van der Waals surface area contributed by atoms with Gasteiger partial charge in [0.05, 0.1) is 18.1 Å². The molecule has 2 aliphatic rings.